The van der Waals surface area contributed by atoms with E-state index in [2.05, 4.69) is 10.6 Å². The van der Waals surface area contributed by atoms with E-state index in [1.165, 1.54) is 0 Å². The zero-order chi connectivity index (χ0) is 19.6. The predicted octanol–water partition coefficient (Wildman–Crippen LogP) is 4.34. The lowest BCUT2D eigenvalue weighted by molar-refractivity contribution is 0.0777. The number of methoxy groups -OCH3 is 2. The number of aliphatic imine (C=N–C) groups is 1. The Morgan fingerprint density at radius 2 is 1.79 bits per heavy atom. The molecule has 0 unspecified atom stereocenters. The molecule has 0 aromatic heterocycles. The van der Waals surface area contributed by atoms with Gasteiger partial charge in [0.1, 0.15) is 28.7 Å². The first-order valence-electron chi connectivity index (χ1n) is 9.32. The second-order valence-electron chi connectivity index (χ2n) is 6.96. The standard InChI is InChI=1S/C21H24ClN3O3/c1-26-16-6-7-17(27-2)19-18(16)24-20(21(25-19)8-10-28-11-9-21)23-13-14-4-3-5-15(22)12-14/h3-7,12,25H,8-11,13H2,1-2H3,(H,23,24). The first-order chi connectivity index (χ1) is 13.6. The van der Waals surface area contributed by atoms with Crippen molar-refractivity contribution in [2.75, 3.05) is 38.1 Å². The lowest BCUT2D eigenvalue weighted by Crippen LogP contribution is -2.55. The largest absolute Gasteiger partial charge is 0.495 e. The van der Waals surface area contributed by atoms with E-state index in [0.29, 0.717) is 24.8 Å². The Morgan fingerprint density at radius 3 is 2.46 bits per heavy atom. The van der Waals surface area contributed by atoms with Crippen LogP contribution in [0.1, 0.15) is 18.4 Å². The zero-order valence-electron chi connectivity index (χ0n) is 16.0. The minimum Gasteiger partial charge on any atom is -0.495 e. The lowest BCUT2D eigenvalue weighted by atomic mass is 9.85. The molecule has 0 bridgehead atoms. The smallest absolute Gasteiger partial charge is 0.144 e. The summed E-state index contributed by atoms with van der Waals surface area (Å²) in [5.74, 6) is 2.39. The highest BCUT2D eigenvalue weighted by molar-refractivity contribution is 6.30. The van der Waals surface area contributed by atoms with Gasteiger partial charge >= 0.3 is 0 Å². The molecule has 2 aliphatic rings. The second kappa shape index (κ2) is 7.89. The minimum absolute atomic E-state index is 0.330. The van der Waals surface area contributed by atoms with Crippen molar-refractivity contribution in [1.29, 1.82) is 0 Å². The Kier molecular flexibility index (Phi) is 5.33. The maximum absolute atomic E-state index is 6.13. The number of hydrogen-bond acceptors (Lipinski definition) is 5. The van der Waals surface area contributed by atoms with E-state index in [-0.39, 0.29) is 5.54 Å². The van der Waals surface area contributed by atoms with Crippen LogP contribution in [0.15, 0.2) is 41.4 Å². The molecule has 0 saturated carbocycles. The molecule has 148 valence electrons. The van der Waals surface area contributed by atoms with Crippen LogP contribution in [-0.4, -0.2) is 38.8 Å². The summed E-state index contributed by atoms with van der Waals surface area (Å²) in [5.41, 5.74) is 2.46. The fraction of sp³-hybridized carbons (Fsp3) is 0.381. The van der Waals surface area contributed by atoms with E-state index in [0.717, 1.165) is 47.1 Å². The molecule has 6 nitrogen and oxygen atoms in total. The Balaban J connectivity index is 1.75. The molecule has 28 heavy (non-hydrogen) atoms. The summed E-state index contributed by atoms with van der Waals surface area (Å²) < 4.78 is 16.8. The van der Waals surface area contributed by atoms with Gasteiger partial charge in [0, 0.05) is 31.1 Å². The summed E-state index contributed by atoms with van der Waals surface area (Å²) in [6, 6.07) is 11.6. The van der Waals surface area contributed by atoms with Crippen LogP contribution in [0.2, 0.25) is 5.02 Å². The SMILES string of the molecule is COc1ccc(OC)c2c1NC(=NCc1cccc(Cl)c1)C1(CCOCC1)N2. The quantitative estimate of drug-likeness (QED) is 0.797. The summed E-state index contributed by atoms with van der Waals surface area (Å²) in [4.78, 5) is 4.93. The van der Waals surface area contributed by atoms with Gasteiger partial charge in [0.25, 0.3) is 0 Å². The van der Waals surface area contributed by atoms with Gasteiger partial charge in [-0.2, -0.15) is 0 Å². The van der Waals surface area contributed by atoms with E-state index >= 15 is 0 Å². The number of benzene rings is 2. The molecular formula is C21H24ClN3O3. The first kappa shape index (κ1) is 18.9. The van der Waals surface area contributed by atoms with Gasteiger partial charge in [-0.15, -0.1) is 0 Å². The highest BCUT2D eigenvalue weighted by atomic mass is 35.5. The number of fused-ring (bicyclic) bond motifs is 1. The fourth-order valence-corrected chi connectivity index (χ4v) is 3.98. The molecule has 2 aromatic rings. The van der Waals surface area contributed by atoms with Crippen molar-refractivity contribution in [3.63, 3.8) is 0 Å². The van der Waals surface area contributed by atoms with Gasteiger partial charge in [-0.05, 0) is 29.8 Å². The number of nitrogens with zero attached hydrogens (tertiary/aromatic N) is 1. The monoisotopic (exact) mass is 401 g/mol. The number of amidine groups is 1. The molecule has 2 heterocycles. The molecule has 1 spiro atoms. The van der Waals surface area contributed by atoms with Crippen molar-refractivity contribution < 1.29 is 14.2 Å². The average Bonchev–Trinajstić information content (AvgIpc) is 2.72. The third-order valence-electron chi connectivity index (χ3n) is 5.28. The molecular weight excluding hydrogens is 378 g/mol. The first-order valence-corrected chi connectivity index (χ1v) is 9.70. The Bertz CT molecular complexity index is 894. The van der Waals surface area contributed by atoms with Gasteiger partial charge in [-0.1, -0.05) is 23.7 Å². The van der Waals surface area contributed by atoms with Crippen molar-refractivity contribution in [1.82, 2.24) is 0 Å². The number of rotatable bonds is 4. The minimum atomic E-state index is -0.330. The van der Waals surface area contributed by atoms with Gasteiger partial charge in [0.2, 0.25) is 0 Å². The number of ether oxygens (including phenoxy) is 3. The van der Waals surface area contributed by atoms with E-state index in [1.807, 2.05) is 36.4 Å². The van der Waals surface area contributed by atoms with Crippen LogP contribution in [0.4, 0.5) is 11.4 Å². The third-order valence-corrected chi connectivity index (χ3v) is 5.52. The topological polar surface area (TPSA) is 64.1 Å². The van der Waals surface area contributed by atoms with Gasteiger partial charge in [-0.3, -0.25) is 4.99 Å². The molecule has 2 aliphatic heterocycles. The van der Waals surface area contributed by atoms with Crippen LogP contribution < -0.4 is 20.1 Å². The van der Waals surface area contributed by atoms with Crippen LogP contribution in [0, 0.1) is 0 Å². The molecule has 7 heteroatoms. The van der Waals surface area contributed by atoms with Crippen LogP contribution in [-0.2, 0) is 11.3 Å². The molecule has 0 atom stereocenters. The predicted molar refractivity (Wildman–Crippen MR) is 112 cm³/mol. The van der Waals surface area contributed by atoms with Crippen LogP contribution in [0.3, 0.4) is 0 Å². The summed E-state index contributed by atoms with van der Waals surface area (Å²) in [5, 5.41) is 7.94. The van der Waals surface area contributed by atoms with Gasteiger partial charge in [0.05, 0.1) is 26.3 Å². The van der Waals surface area contributed by atoms with Crippen molar-refractivity contribution in [3.05, 3.63) is 47.0 Å². The Morgan fingerprint density at radius 1 is 1.07 bits per heavy atom. The zero-order valence-corrected chi connectivity index (χ0v) is 16.8. The lowest BCUT2D eigenvalue weighted by Gasteiger charge is -2.44. The van der Waals surface area contributed by atoms with Crippen LogP contribution in [0.25, 0.3) is 0 Å². The van der Waals surface area contributed by atoms with Crippen molar-refractivity contribution >= 4 is 28.8 Å². The molecule has 2 N–H and O–H groups in total. The van der Waals surface area contributed by atoms with Crippen LogP contribution >= 0.6 is 11.6 Å². The van der Waals surface area contributed by atoms with Crippen molar-refractivity contribution in [2.24, 2.45) is 4.99 Å². The molecule has 1 saturated heterocycles. The highest BCUT2D eigenvalue weighted by Crippen LogP contribution is 2.46. The average molecular weight is 402 g/mol. The van der Waals surface area contributed by atoms with Crippen molar-refractivity contribution in [3.8, 4) is 11.5 Å². The normalized spacial score (nSPS) is 18.9. The van der Waals surface area contributed by atoms with Gasteiger partial charge in [0.15, 0.2) is 0 Å². The molecule has 0 amide bonds. The number of anilines is 2. The van der Waals surface area contributed by atoms with Crippen molar-refractivity contribution in [2.45, 2.75) is 24.9 Å². The number of nitrogens with one attached hydrogen (secondary N) is 2. The second-order valence-corrected chi connectivity index (χ2v) is 7.40. The molecule has 0 aliphatic carbocycles. The maximum atomic E-state index is 6.13. The molecule has 1 fully saturated rings. The van der Waals surface area contributed by atoms with E-state index in [9.17, 15) is 0 Å². The molecule has 0 radical (unpaired) electrons. The summed E-state index contributed by atoms with van der Waals surface area (Å²) in [6.07, 6.45) is 1.63. The highest BCUT2D eigenvalue weighted by Gasteiger charge is 2.43. The third kappa shape index (κ3) is 3.50. The Hall–Kier alpha value is -2.44. The number of halogens is 1. The summed E-state index contributed by atoms with van der Waals surface area (Å²) in [7, 11) is 3.33. The maximum Gasteiger partial charge on any atom is 0.144 e. The summed E-state index contributed by atoms with van der Waals surface area (Å²) in [6.45, 7) is 1.88. The van der Waals surface area contributed by atoms with Crippen LogP contribution in [0.5, 0.6) is 11.5 Å². The Labute approximate surface area is 169 Å². The van der Waals surface area contributed by atoms with E-state index < -0.39 is 0 Å². The molecule has 4 rings (SSSR count). The molecule has 2 aromatic carbocycles. The summed E-state index contributed by atoms with van der Waals surface area (Å²) >= 11 is 6.13. The van der Waals surface area contributed by atoms with Gasteiger partial charge < -0.3 is 24.8 Å². The fourth-order valence-electron chi connectivity index (χ4n) is 3.77. The van der Waals surface area contributed by atoms with E-state index in [4.69, 9.17) is 30.8 Å². The van der Waals surface area contributed by atoms with Gasteiger partial charge in [-0.25, -0.2) is 0 Å². The van der Waals surface area contributed by atoms with E-state index in [1.54, 1.807) is 14.2 Å². The number of hydrogen-bond donors (Lipinski definition) is 2.